The van der Waals surface area contributed by atoms with Crippen LogP contribution in [0.5, 0.6) is 5.75 Å². The maximum atomic E-state index is 10.7. The van der Waals surface area contributed by atoms with Crippen LogP contribution in [0.3, 0.4) is 0 Å². The number of hydrogen-bond donors (Lipinski definition) is 0. The van der Waals surface area contributed by atoms with Gasteiger partial charge in [0, 0.05) is 12.1 Å². The molecule has 0 saturated carbocycles. The van der Waals surface area contributed by atoms with Crippen molar-refractivity contribution < 1.29 is 14.3 Å². The largest absolute Gasteiger partial charge is 0.496 e. The van der Waals surface area contributed by atoms with Gasteiger partial charge in [0.25, 0.3) is 0 Å². The molecule has 1 atom stereocenters. The third-order valence-corrected chi connectivity index (χ3v) is 2.73. The predicted molar refractivity (Wildman–Crippen MR) is 59.3 cm³/mol. The van der Waals surface area contributed by atoms with Crippen LogP contribution in [0, 0.1) is 0 Å². The standard InChI is InChI=1S/C12H15NO3/c1-15-11-5-3-2-4-10(11)12-8-13(9-14)6-7-16-12/h2-5,9,12H,6-8H2,1H3. The van der Waals surface area contributed by atoms with E-state index in [4.69, 9.17) is 9.47 Å². The second-order valence-electron chi connectivity index (χ2n) is 3.70. The number of para-hydroxylation sites is 1. The van der Waals surface area contributed by atoms with Crippen LogP contribution in [0.4, 0.5) is 0 Å². The van der Waals surface area contributed by atoms with E-state index in [2.05, 4.69) is 0 Å². The van der Waals surface area contributed by atoms with Gasteiger partial charge in [-0.3, -0.25) is 4.79 Å². The van der Waals surface area contributed by atoms with Gasteiger partial charge in [-0.15, -0.1) is 0 Å². The monoisotopic (exact) mass is 221 g/mol. The molecule has 1 fully saturated rings. The fourth-order valence-electron chi connectivity index (χ4n) is 1.89. The SMILES string of the molecule is COc1ccccc1C1CN(C=O)CCO1. The maximum Gasteiger partial charge on any atom is 0.209 e. The van der Waals surface area contributed by atoms with Crippen molar-refractivity contribution in [2.24, 2.45) is 0 Å². The molecule has 1 aromatic carbocycles. The van der Waals surface area contributed by atoms with Gasteiger partial charge in [-0.2, -0.15) is 0 Å². The van der Waals surface area contributed by atoms with Crippen LogP contribution < -0.4 is 4.74 Å². The minimum Gasteiger partial charge on any atom is -0.496 e. The van der Waals surface area contributed by atoms with Crippen molar-refractivity contribution in [3.8, 4) is 5.75 Å². The summed E-state index contributed by atoms with van der Waals surface area (Å²) in [7, 11) is 1.64. The van der Waals surface area contributed by atoms with E-state index in [0.717, 1.165) is 17.7 Å². The van der Waals surface area contributed by atoms with Crippen molar-refractivity contribution in [3.63, 3.8) is 0 Å². The summed E-state index contributed by atoms with van der Waals surface area (Å²) in [5, 5.41) is 0. The van der Waals surface area contributed by atoms with Crippen molar-refractivity contribution in [1.82, 2.24) is 4.90 Å². The smallest absolute Gasteiger partial charge is 0.209 e. The molecule has 16 heavy (non-hydrogen) atoms. The molecule has 0 aliphatic carbocycles. The Morgan fingerprint density at radius 2 is 2.31 bits per heavy atom. The lowest BCUT2D eigenvalue weighted by molar-refractivity contribution is -0.125. The first-order valence-electron chi connectivity index (χ1n) is 5.29. The lowest BCUT2D eigenvalue weighted by Crippen LogP contribution is -2.37. The van der Waals surface area contributed by atoms with Gasteiger partial charge in [0.2, 0.25) is 6.41 Å². The topological polar surface area (TPSA) is 38.8 Å². The summed E-state index contributed by atoms with van der Waals surface area (Å²) in [6, 6.07) is 7.74. The minimum absolute atomic E-state index is 0.0879. The number of methoxy groups -OCH3 is 1. The van der Waals surface area contributed by atoms with Crippen LogP contribution in [0.2, 0.25) is 0 Å². The number of morpholine rings is 1. The van der Waals surface area contributed by atoms with E-state index in [1.807, 2.05) is 24.3 Å². The second-order valence-corrected chi connectivity index (χ2v) is 3.70. The van der Waals surface area contributed by atoms with E-state index in [0.29, 0.717) is 19.7 Å². The highest BCUT2D eigenvalue weighted by Crippen LogP contribution is 2.29. The molecular weight excluding hydrogens is 206 g/mol. The Morgan fingerprint density at radius 3 is 3.06 bits per heavy atom. The van der Waals surface area contributed by atoms with Gasteiger partial charge in [0.05, 0.1) is 20.3 Å². The van der Waals surface area contributed by atoms with E-state index >= 15 is 0 Å². The molecule has 1 saturated heterocycles. The molecular formula is C12H15NO3. The number of rotatable bonds is 3. The number of amides is 1. The first-order valence-corrected chi connectivity index (χ1v) is 5.29. The molecule has 0 N–H and O–H groups in total. The number of benzene rings is 1. The Hall–Kier alpha value is -1.55. The van der Waals surface area contributed by atoms with E-state index in [9.17, 15) is 4.79 Å². The zero-order valence-electron chi connectivity index (χ0n) is 9.26. The van der Waals surface area contributed by atoms with Crippen molar-refractivity contribution >= 4 is 6.41 Å². The molecule has 0 aromatic heterocycles. The third kappa shape index (κ3) is 2.17. The second kappa shape index (κ2) is 4.99. The average molecular weight is 221 g/mol. The van der Waals surface area contributed by atoms with Crippen molar-refractivity contribution in [3.05, 3.63) is 29.8 Å². The molecule has 0 radical (unpaired) electrons. The number of ether oxygens (including phenoxy) is 2. The molecule has 1 amide bonds. The Kier molecular flexibility index (Phi) is 3.41. The fraction of sp³-hybridized carbons (Fsp3) is 0.417. The van der Waals surface area contributed by atoms with Crippen LogP contribution in [-0.2, 0) is 9.53 Å². The van der Waals surface area contributed by atoms with Gasteiger partial charge in [-0.1, -0.05) is 18.2 Å². The highest BCUT2D eigenvalue weighted by molar-refractivity contribution is 5.48. The Bertz CT molecular complexity index is 367. The minimum atomic E-state index is -0.0879. The maximum absolute atomic E-state index is 10.7. The summed E-state index contributed by atoms with van der Waals surface area (Å²) in [4.78, 5) is 12.5. The fourth-order valence-corrected chi connectivity index (χ4v) is 1.89. The third-order valence-electron chi connectivity index (χ3n) is 2.73. The van der Waals surface area contributed by atoms with E-state index in [-0.39, 0.29) is 6.10 Å². The summed E-state index contributed by atoms with van der Waals surface area (Å²) in [6.45, 7) is 1.82. The first-order chi connectivity index (χ1) is 7.85. The summed E-state index contributed by atoms with van der Waals surface area (Å²) in [6.07, 6.45) is 0.778. The zero-order valence-corrected chi connectivity index (χ0v) is 9.26. The van der Waals surface area contributed by atoms with Gasteiger partial charge in [0.1, 0.15) is 11.9 Å². The highest BCUT2D eigenvalue weighted by Gasteiger charge is 2.23. The van der Waals surface area contributed by atoms with Gasteiger partial charge in [-0.25, -0.2) is 0 Å². The number of carbonyl (C=O) groups excluding carboxylic acids is 1. The number of hydrogen-bond acceptors (Lipinski definition) is 3. The summed E-state index contributed by atoms with van der Waals surface area (Å²) < 4.78 is 10.9. The number of nitrogens with zero attached hydrogens (tertiary/aromatic N) is 1. The van der Waals surface area contributed by atoms with Crippen LogP contribution in [-0.4, -0.2) is 38.1 Å². The lowest BCUT2D eigenvalue weighted by atomic mass is 10.1. The molecule has 4 heteroatoms. The van der Waals surface area contributed by atoms with Crippen LogP contribution in [0.1, 0.15) is 11.7 Å². The molecule has 86 valence electrons. The van der Waals surface area contributed by atoms with Gasteiger partial charge in [-0.05, 0) is 6.07 Å². The molecule has 1 aromatic rings. The Morgan fingerprint density at radius 1 is 1.50 bits per heavy atom. The van der Waals surface area contributed by atoms with Crippen molar-refractivity contribution in [1.29, 1.82) is 0 Å². The average Bonchev–Trinajstić information content (AvgIpc) is 2.38. The molecule has 2 rings (SSSR count). The lowest BCUT2D eigenvalue weighted by Gasteiger charge is -2.31. The van der Waals surface area contributed by atoms with E-state index in [1.54, 1.807) is 12.0 Å². The summed E-state index contributed by atoms with van der Waals surface area (Å²) in [5.74, 6) is 0.806. The molecule has 0 spiro atoms. The Labute approximate surface area is 94.8 Å². The molecule has 1 heterocycles. The van der Waals surface area contributed by atoms with Crippen molar-refractivity contribution in [2.75, 3.05) is 26.8 Å². The Balaban J connectivity index is 2.19. The summed E-state index contributed by atoms with van der Waals surface area (Å²) in [5.41, 5.74) is 0.997. The first kappa shape index (κ1) is 11.0. The highest BCUT2D eigenvalue weighted by atomic mass is 16.5. The van der Waals surface area contributed by atoms with Crippen LogP contribution >= 0.6 is 0 Å². The van der Waals surface area contributed by atoms with Gasteiger partial charge >= 0.3 is 0 Å². The molecule has 1 unspecified atom stereocenters. The van der Waals surface area contributed by atoms with Crippen LogP contribution in [0.25, 0.3) is 0 Å². The van der Waals surface area contributed by atoms with Crippen molar-refractivity contribution in [2.45, 2.75) is 6.10 Å². The summed E-state index contributed by atoms with van der Waals surface area (Å²) >= 11 is 0. The van der Waals surface area contributed by atoms with Gasteiger partial charge < -0.3 is 14.4 Å². The van der Waals surface area contributed by atoms with Crippen LogP contribution in [0.15, 0.2) is 24.3 Å². The van der Waals surface area contributed by atoms with E-state index in [1.165, 1.54) is 0 Å². The normalized spacial score (nSPS) is 20.6. The predicted octanol–water partition coefficient (Wildman–Crippen LogP) is 1.22. The molecule has 4 nitrogen and oxygen atoms in total. The van der Waals surface area contributed by atoms with Gasteiger partial charge in [0.15, 0.2) is 0 Å². The van der Waals surface area contributed by atoms with E-state index < -0.39 is 0 Å². The number of carbonyl (C=O) groups is 1. The zero-order chi connectivity index (χ0) is 11.4. The molecule has 1 aliphatic rings. The molecule has 1 aliphatic heterocycles. The quantitative estimate of drug-likeness (QED) is 0.720. The molecule has 0 bridgehead atoms.